The lowest BCUT2D eigenvalue weighted by Crippen LogP contribution is -2.45. The number of methoxy groups -OCH3 is 1. The van der Waals surface area contributed by atoms with Crippen molar-refractivity contribution in [2.24, 2.45) is 0 Å². The van der Waals surface area contributed by atoms with Gasteiger partial charge in [0.15, 0.2) is 5.75 Å². The number of amides is 2. The quantitative estimate of drug-likeness (QED) is 0.321. The van der Waals surface area contributed by atoms with Crippen LogP contribution in [0.1, 0.15) is 44.4 Å². The van der Waals surface area contributed by atoms with Crippen molar-refractivity contribution in [3.63, 3.8) is 0 Å². The highest BCUT2D eigenvalue weighted by Crippen LogP contribution is 2.37. The van der Waals surface area contributed by atoms with Gasteiger partial charge in [-0.15, -0.1) is 0 Å². The van der Waals surface area contributed by atoms with Crippen LogP contribution in [0, 0.1) is 10.1 Å². The number of carbonyl (C=O) groups excluding carboxylic acids is 2. The molecule has 0 saturated heterocycles. The van der Waals surface area contributed by atoms with Gasteiger partial charge in [0.1, 0.15) is 5.75 Å². The molecular weight excluding hydrogens is 442 g/mol. The Morgan fingerprint density at radius 3 is 2.47 bits per heavy atom. The van der Waals surface area contributed by atoms with E-state index in [-0.39, 0.29) is 22.7 Å². The van der Waals surface area contributed by atoms with Gasteiger partial charge in [0.05, 0.1) is 42.1 Å². The van der Waals surface area contributed by atoms with Crippen molar-refractivity contribution >= 4 is 23.4 Å². The summed E-state index contributed by atoms with van der Waals surface area (Å²) < 4.78 is 16.1. The molecule has 2 aromatic carbocycles. The molecule has 1 unspecified atom stereocenters. The molecule has 3 rings (SSSR count). The zero-order valence-corrected chi connectivity index (χ0v) is 19.4. The van der Waals surface area contributed by atoms with E-state index in [1.165, 1.54) is 19.2 Å². The van der Waals surface area contributed by atoms with Crippen molar-refractivity contribution in [1.82, 2.24) is 10.6 Å². The SMILES string of the molecule is CCCOc1ccc(C2NC(=O)NC(c3ccc(OC)cc3)=C2C(=O)OC(C)C)cc1[N+](=O)[O-]. The fourth-order valence-corrected chi connectivity index (χ4v) is 3.49. The summed E-state index contributed by atoms with van der Waals surface area (Å²) in [7, 11) is 1.53. The number of benzene rings is 2. The van der Waals surface area contributed by atoms with Gasteiger partial charge in [-0.1, -0.05) is 13.0 Å². The molecule has 1 atom stereocenters. The summed E-state index contributed by atoms with van der Waals surface area (Å²) in [6, 6.07) is 9.59. The minimum Gasteiger partial charge on any atom is -0.497 e. The van der Waals surface area contributed by atoms with E-state index >= 15 is 0 Å². The average molecular weight is 469 g/mol. The van der Waals surface area contributed by atoms with Gasteiger partial charge in [0.25, 0.3) is 0 Å². The maximum Gasteiger partial charge on any atom is 0.338 e. The summed E-state index contributed by atoms with van der Waals surface area (Å²) in [6.07, 6.45) is 0.261. The van der Waals surface area contributed by atoms with Crippen LogP contribution in [-0.4, -0.2) is 36.7 Å². The van der Waals surface area contributed by atoms with Gasteiger partial charge < -0.3 is 24.8 Å². The second-order valence-electron chi connectivity index (χ2n) is 7.84. The van der Waals surface area contributed by atoms with Crippen LogP contribution in [0.25, 0.3) is 5.70 Å². The summed E-state index contributed by atoms with van der Waals surface area (Å²) in [6.45, 7) is 5.63. The Balaban J connectivity index is 2.16. The molecule has 0 fully saturated rings. The number of nitro groups is 1. The average Bonchev–Trinajstić information content (AvgIpc) is 2.81. The monoisotopic (exact) mass is 469 g/mol. The van der Waals surface area contributed by atoms with Crippen LogP contribution in [0.2, 0.25) is 0 Å². The van der Waals surface area contributed by atoms with Gasteiger partial charge in [0, 0.05) is 6.07 Å². The van der Waals surface area contributed by atoms with E-state index in [2.05, 4.69) is 10.6 Å². The molecule has 34 heavy (non-hydrogen) atoms. The lowest BCUT2D eigenvalue weighted by molar-refractivity contribution is -0.385. The third kappa shape index (κ3) is 5.45. The van der Waals surface area contributed by atoms with Crippen LogP contribution >= 0.6 is 0 Å². The lowest BCUT2D eigenvalue weighted by atomic mass is 9.92. The number of nitro benzene ring substituents is 1. The maximum atomic E-state index is 13.2. The zero-order valence-electron chi connectivity index (χ0n) is 19.4. The number of hydrogen-bond donors (Lipinski definition) is 2. The number of esters is 1. The molecule has 1 aliphatic heterocycles. The smallest absolute Gasteiger partial charge is 0.338 e. The Morgan fingerprint density at radius 2 is 1.88 bits per heavy atom. The molecule has 0 aromatic heterocycles. The second kappa shape index (κ2) is 10.7. The van der Waals surface area contributed by atoms with Crippen LogP contribution in [0.3, 0.4) is 0 Å². The highest BCUT2D eigenvalue weighted by atomic mass is 16.6. The Bertz CT molecular complexity index is 1110. The molecule has 1 aliphatic rings. The minimum absolute atomic E-state index is 0.113. The van der Waals surface area contributed by atoms with Gasteiger partial charge in [0.2, 0.25) is 0 Å². The fraction of sp³-hybridized carbons (Fsp3) is 0.333. The number of rotatable bonds is 9. The van der Waals surface area contributed by atoms with Crippen molar-refractivity contribution in [2.45, 2.75) is 39.3 Å². The summed E-state index contributed by atoms with van der Waals surface area (Å²) >= 11 is 0. The van der Waals surface area contributed by atoms with Crippen molar-refractivity contribution in [2.75, 3.05) is 13.7 Å². The summed E-state index contributed by atoms with van der Waals surface area (Å²) in [5, 5.41) is 17.1. The Morgan fingerprint density at radius 1 is 1.18 bits per heavy atom. The van der Waals surface area contributed by atoms with E-state index in [1.807, 2.05) is 6.92 Å². The summed E-state index contributed by atoms with van der Waals surface area (Å²) in [5.74, 6) is 0.0552. The molecule has 2 amide bonds. The van der Waals surface area contributed by atoms with Gasteiger partial charge in [-0.2, -0.15) is 0 Å². The third-order valence-electron chi connectivity index (χ3n) is 4.99. The predicted molar refractivity (Wildman–Crippen MR) is 124 cm³/mol. The van der Waals surface area contributed by atoms with Gasteiger partial charge in [-0.25, -0.2) is 9.59 Å². The Hall–Kier alpha value is -4.08. The van der Waals surface area contributed by atoms with Gasteiger partial charge >= 0.3 is 17.7 Å². The number of ether oxygens (including phenoxy) is 3. The molecular formula is C24H27N3O7. The summed E-state index contributed by atoms with van der Waals surface area (Å²) in [4.78, 5) is 36.9. The first-order chi connectivity index (χ1) is 16.2. The van der Waals surface area contributed by atoms with Crippen molar-refractivity contribution < 1.29 is 28.7 Å². The molecule has 0 aliphatic carbocycles. The van der Waals surface area contributed by atoms with Gasteiger partial charge in [-0.3, -0.25) is 10.1 Å². The van der Waals surface area contributed by atoms with E-state index in [4.69, 9.17) is 14.2 Å². The third-order valence-corrected chi connectivity index (χ3v) is 4.99. The van der Waals surface area contributed by atoms with Crippen molar-refractivity contribution in [3.05, 3.63) is 69.3 Å². The molecule has 0 spiro atoms. The second-order valence-corrected chi connectivity index (χ2v) is 7.84. The Kier molecular flexibility index (Phi) is 7.72. The number of carbonyl (C=O) groups is 2. The molecule has 2 N–H and O–H groups in total. The van der Waals surface area contributed by atoms with Crippen LogP contribution in [0.5, 0.6) is 11.5 Å². The fourth-order valence-electron chi connectivity index (χ4n) is 3.49. The first-order valence-corrected chi connectivity index (χ1v) is 10.8. The zero-order chi connectivity index (χ0) is 24.8. The standard InChI is InChI=1S/C24H27N3O7/c1-5-12-33-19-11-8-16(13-18(19)27(30)31)22-20(23(28)34-14(2)3)21(25-24(29)26-22)15-6-9-17(32-4)10-7-15/h6-11,13-14,22H,5,12H2,1-4H3,(H2,25,26,29). The number of nitrogens with one attached hydrogen (secondary N) is 2. The summed E-state index contributed by atoms with van der Waals surface area (Å²) in [5.41, 5.74) is 0.994. The number of urea groups is 1. The minimum atomic E-state index is -0.990. The first-order valence-electron chi connectivity index (χ1n) is 10.8. The predicted octanol–water partition coefficient (Wildman–Crippen LogP) is 4.11. The highest BCUT2D eigenvalue weighted by molar-refractivity contribution is 6.04. The number of hydrogen-bond acceptors (Lipinski definition) is 7. The van der Waals surface area contributed by atoms with Crippen molar-refractivity contribution in [3.8, 4) is 11.5 Å². The molecule has 10 heteroatoms. The molecule has 2 aromatic rings. The van der Waals surface area contributed by atoms with Crippen LogP contribution in [-0.2, 0) is 9.53 Å². The lowest BCUT2D eigenvalue weighted by Gasteiger charge is -2.30. The topological polar surface area (TPSA) is 129 Å². The van der Waals surface area contributed by atoms with Crippen molar-refractivity contribution in [1.29, 1.82) is 0 Å². The van der Waals surface area contributed by atoms with E-state index in [9.17, 15) is 19.7 Å². The Labute approximate surface area is 197 Å². The van der Waals surface area contributed by atoms with Crippen LogP contribution < -0.4 is 20.1 Å². The largest absolute Gasteiger partial charge is 0.497 e. The molecule has 1 heterocycles. The molecule has 0 bridgehead atoms. The van der Waals surface area contributed by atoms with Gasteiger partial charge in [-0.05, 0) is 61.7 Å². The van der Waals surface area contributed by atoms with E-state index in [0.29, 0.717) is 29.9 Å². The number of nitrogens with zero attached hydrogens (tertiary/aromatic N) is 1. The highest BCUT2D eigenvalue weighted by Gasteiger charge is 2.36. The molecule has 180 valence electrons. The van der Waals surface area contributed by atoms with E-state index < -0.39 is 29.1 Å². The first kappa shape index (κ1) is 24.6. The van der Waals surface area contributed by atoms with E-state index in [1.54, 1.807) is 44.2 Å². The maximum absolute atomic E-state index is 13.2. The molecule has 10 nitrogen and oxygen atoms in total. The van der Waals surface area contributed by atoms with E-state index in [0.717, 1.165) is 0 Å². The van der Waals surface area contributed by atoms with Crippen LogP contribution in [0.4, 0.5) is 10.5 Å². The normalized spacial score (nSPS) is 15.4. The van der Waals surface area contributed by atoms with Crippen LogP contribution in [0.15, 0.2) is 48.0 Å². The molecule has 0 radical (unpaired) electrons. The molecule has 0 saturated carbocycles.